The van der Waals surface area contributed by atoms with E-state index in [1.807, 2.05) is 0 Å². The summed E-state index contributed by atoms with van der Waals surface area (Å²) in [5.41, 5.74) is 1.51. The van der Waals surface area contributed by atoms with Gasteiger partial charge in [0.25, 0.3) is 0 Å². The van der Waals surface area contributed by atoms with E-state index in [-0.39, 0.29) is 0 Å². The first kappa shape index (κ1) is 14.9. The van der Waals surface area contributed by atoms with E-state index >= 15 is 0 Å². The average Bonchev–Trinajstić information content (AvgIpc) is 2.44. The highest BCUT2D eigenvalue weighted by atomic mass is 79.9. The third kappa shape index (κ3) is 3.61. The molecular formula is C17H24BrNS. The third-order valence-electron chi connectivity index (χ3n) is 4.96. The van der Waals surface area contributed by atoms with Crippen LogP contribution in [0.15, 0.2) is 28.7 Å². The molecule has 0 bridgehead atoms. The molecule has 0 spiro atoms. The zero-order valence-corrected chi connectivity index (χ0v) is 14.6. The van der Waals surface area contributed by atoms with Crippen LogP contribution < -0.4 is 5.32 Å². The second-order valence-electron chi connectivity index (χ2n) is 6.29. The van der Waals surface area contributed by atoms with Gasteiger partial charge >= 0.3 is 0 Å². The Morgan fingerprint density at radius 2 is 1.65 bits per heavy atom. The molecule has 2 aliphatic rings. The zero-order valence-electron chi connectivity index (χ0n) is 12.1. The van der Waals surface area contributed by atoms with Gasteiger partial charge < -0.3 is 5.32 Å². The first-order chi connectivity index (χ1) is 9.74. The molecule has 0 heterocycles. The van der Waals surface area contributed by atoms with Crippen LogP contribution in [-0.4, -0.2) is 23.6 Å². The predicted octanol–water partition coefficient (Wildman–Crippen LogP) is 4.96. The van der Waals surface area contributed by atoms with E-state index < -0.39 is 0 Å². The number of benzene rings is 1. The normalized spacial score (nSPS) is 33.7. The molecule has 2 fully saturated rings. The Labute approximate surface area is 135 Å². The third-order valence-corrected chi connectivity index (χ3v) is 6.63. The zero-order chi connectivity index (χ0) is 13.9. The summed E-state index contributed by atoms with van der Waals surface area (Å²) in [4.78, 5) is 0. The van der Waals surface area contributed by atoms with Gasteiger partial charge in [0.2, 0.25) is 0 Å². The van der Waals surface area contributed by atoms with E-state index in [0.717, 1.165) is 23.3 Å². The van der Waals surface area contributed by atoms with Gasteiger partial charge in [0.15, 0.2) is 0 Å². The van der Waals surface area contributed by atoms with Gasteiger partial charge in [0.05, 0.1) is 0 Å². The Morgan fingerprint density at radius 3 is 2.25 bits per heavy atom. The van der Waals surface area contributed by atoms with Gasteiger partial charge in [-0.05, 0) is 68.4 Å². The molecule has 110 valence electrons. The number of hydrogen-bond acceptors (Lipinski definition) is 2. The van der Waals surface area contributed by atoms with E-state index in [1.165, 1.54) is 48.6 Å². The fourth-order valence-electron chi connectivity index (χ4n) is 3.56. The van der Waals surface area contributed by atoms with Crippen molar-refractivity contribution >= 4 is 27.7 Å². The van der Waals surface area contributed by atoms with Gasteiger partial charge in [-0.1, -0.05) is 28.1 Å². The Hall–Kier alpha value is 0.01000. The molecule has 20 heavy (non-hydrogen) atoms. The summed E-state index contributed by atoms with van der Waals surface area (Å²) in [6.45, 7) is 0. The summed E-state index contributed by atoms with van der Waals surface area (Å²) >= 11 is 5.56. The minimum absolute atomic E-state index is 0.763. The molecule has 2 aliphatic carbocycles. The molecule has 0 saturated heterocycles. The molecular weight excluding hydrogens is 330 g/mol. The van der Waals surface area contributed by atoms with Crippen LogP contribution in [0.5, 0.6) is 0 Å². The molecule has 0 radical (unpaired) electrons. The lowest BCUT2D eigenvalue weighted by Crippen LogP contribution is -2.46. The van der Waals surface area contributed by atoms with E-state index in [2.05, 4.69) is 63.5 Å². The summed E-state index contributed by atoms with van der Waals surface area (Å²) in [6.07, 6.45) is 10.5. The highest BCUT2D eigenvalue weighted by Crippen LogP contribution is 2.38. The van der Waals surface area contributed by atoms with Gasteiger partial charge in [-0.3, -0.25) is 0 Å². The van der Waals surface area contributed by atoms with Crippen molar-refractivity contribution in [1.29, 1.82) is 0 Å². The van der Waals surface area contributed by atoms with Gasteiger partial charge in [-0.2, -0.15) is 11.8 Å². The van der Waals surface area contributed by atoms with Crippen molar-refractivity contribution in [2.75, 3.05) is 6.26 Å². The van der Waals surface area contributed by atoms with Crippen LogP contribution in [0.3, 0.4) is 0 Å². The maximum atomic E-state index is 3.89. The first-order valence-corrected chi connectivity index (χ1v) is 9.87. The average molecular weight is 354 g/mol. The van der Waals surface area contributed by atoms with Gasteiger partial charge in [-0.15, -0.1) is 0 Å². The lowest BCUT2D eigenvalue weighted by molar-refractivity contribution is 0.240. The molecule has 0 aromatic heterocycles. The van der Waals surface area contributed by atoms with Crippen LogP contribution in [0, 0.1) is 0 Å². The molecule has 1 N–H and O–H groups in total. The van der Waals surface area contributed by atoms with Crippen molar-refractivity contribution in [3.63, 3.8) is 0 Å². The maximum absolute atomic E-state index is 3.89. The number of thioether (sulfide) groups is 1. The fourth-order valence-corrected chi connectivity index (χ4v) is 4.57. The van der Waals surface area contributed by atoms with Crippen molar-refractivity contribution in [3.8, 4) is 0 Å². The summed E-state index contributed by atoms with van der Waals surface area (Å²) in [5.74, 6) is 0.781. The second-order valence-corrected chi connectivity index (χ2v) is 8.35. The smallest absolute Gasteiger partial charge is 0.0175 e. The van der Waals surface area contributed by atoms with Crippen molar-refractivity contribution in [3.05, 3.63) is 34.3 Å². The van der Waals surface area contributed by atoms with Crippen LogP contribution >= 0.6 is 27.7 Å². The topological polar surface area (TPSA) is 12.0 Å². The second kappa shape index (κ2) is 6.85. The monoisotopic (exact) mass is 353 g/mol. The summed E-state index contributed by atoms with van der Waals surface area (Å²) in [5, 5.41) is 4.81. The van der Waals surface area contributed by atoms with Gasteiger partial charge in [0, 0.05) is 21.8 Å². The van der Waals surface area contributed by atoms with Crippen LogP contribution in [0.2, 0.25) is 0 Å². The lowest BCUT2D eigenvalue weighted by atomic mass is 9.75. The fraction of sp³-hybridized carbons (Fsp3) is 0.647. The summed E-state index contributed by atoms with van der Waals surface area (Å²) in [7, 11) is 0. The van der Waals surface area contributed by atoms with Gasteiger partial charge in [0.1, 0.15) is 0 Å². The molecule has 0 aliphatic heterocycles. The number of nitrogens with one attached hydrogen (secondary N) is 1. The molecule has 1 aromatic rings. The number of rotatable bonds is 4. The largest absolute Gasteiger partial charge is 0.311 e. The summed E-state index contributed by atoms with van der Waals surface area (Å²) < 4.78 is 1.18. The van der Waals surface area contributed by atoms with E-state index in [1.54, 1.807) is 0 Å². The molecule has 3 rings (SSSR count). The Kier molecular flexibility index (Phi) is 5.11. The Balaban J connectivity index is 1.41. The first-order valence-electron chi connectivity index (χ1n) is 7.79. The standard InChI is InChI=1S/C17H24BrNS/c1-20-17-8-6-15(7-9-17)19-16-10-13(11-16)12-2-4-14(18)5-3-12/h2-5,13,15-17,19H,6-11H2,1H3. The molecule has 1 aromatic carbocycles. The number of hydrogen-bond donors (Lipinski definition) is 1. The van der Waals surface area contributed by atoms with E-state index in [9.17, 15) is 0 Å². The van der Waals surface area contributed by atoms with Crippen LogP contribution in [0.25, 0.3) is 0 Å². The Bertz CT molecular complexity index is 419. The quantitative estimate of drug-likeness (QED) is 0.820. The molecule has 1 nitrogen and oxygen atoms in total. The molecule has 0 unspecified atom stereocenters. The molecule has 2 saturated carbocycles. The van der Waals surface area contributed by atoms with E-state index in [4.69, 9.17) is 0 Å². The van der Waals surface area contributed by atoms with Crippen LogP contribution in [-0.2, 0) is 0 Å². The van der Waals surface area contributed by atoms with E-state index in [0.29, 0.717) is 0 Å². The predicted molar refractivity (Wildman–Crippen MR) is 92.6 cm³/mol. The minimum atomic E-state index is 0.763. The van der Waals surface area contributed by atoms with Crippen molar-refractivity contribution < 1.29 is 0 Å². The number of halogens is 1. The van der Waals surface area contributed by atoms with Crippen LogP contribution in [0.4, 0.5) is 0 Å². The minimum Gasteiger partial charge on any atom is -0.311 e. The molecule has 0 atom stereocenters. The van der Waals surface area contributed by atoms with Crippen molar-refractivity contribution in [2.45, 2.75) is 61.8 Å². The van der Waals surface area contributed by atoms with Crippen LogP contribution in [0.1, 0.15) is 50.0 Å². The lowest BCUT2D eigenvalue weighted by Gasteiger charge is -2.40. The SMILES string of the molecule is CSC1CCC(NC2CC(c3ccc(Br)cc3)C2)CC1. The highest BCUT2D eigenvalue weighted by molar-refractivity contribution is 9.10. The summed E-state index contributed by atoms with van der Waals surface area (Å²) in [6, 6.07) is 10.4. The van der Waals surface area contributed by atoms with Gasteiger partial charge in [-0.25, -0.2) is 0 Å². The molecule has 0 amide bonds. The van der Waals surface area contributed by atoms with Crippen molar-refractivity contribution in [2.24, 2.45) is 0 Å². The maximum Gasteiger partial charge on any atom is 0.0175 e. The highest BCUT2D eigenvalue weighted by Gasteiger charge is 2.32. The van der Waals surface area contributed by atoms with Crippen molar-refractivity contribution in [1.82, 2.24) is 5.32 Å². The Morgan fingerprint density at radius 1 is 1.00 bits per heavy atom. The molecule has 3 heteroatoms.